The van der Waals surface area contributed by atoms with Crippen LogP contribution in [0, 0.1) is 11.8 Å². The van der Waals surface area contributed by atoms with Gasteiger partial charge in [-0.05, 0) is 62.6 Å². The van der Waals surface area contributed by atoms with E-state index in [0.717, 1.165) is 51.6 Å². The SMILES string of the molecule is CC1CCN(C(=O)C2CCN(C(=O)c3cccc(S(=O)(=O)N4CCCCCC4)c3)CC2)CC1. The molecule has 2 amide bonds. The van der Waals surface area contributed by atoms with Gasteiger partial charge < -0.3 is 9.80 Å². The first kappa shape index (κ1) is 24.2. The minimum absolute atomic E-state index is 0.0165. The summed E-state index contributed by atoms with van der Waals surface area (Å²) >= 11 is 0. The number of sulfonamides is 1. The average Bonchev–Trinajstić information content (AvgIpc) is 3.14. The molecule has 7 nitrogen and oxygen atoms in total. The predicted octanol–water partition coefficient (Wildman–Crippen LogP) is 3.36. The highest BCUT2D eigenvalue weighted by Gasteiger charge is 2.32. The van der Waals surface area contributed by atoms with Crippen molar-refractivity contribution in [3.63, 3.8) is 0 Å². The molecule has 3 heterocycles. The Morgan fingerprint density at radius 2 is 1.42 bits per heavy atom. The number of hydrogen-bond acceptors (Lipinski definition) is 4. The van der Waals surface area contributed by atoms with E-state index in [-0.39, 0.29) is 22.6 Å². The number of carbonyl (C=O) groups excluding carboxylic acids is 2. The van der Waals surface area contributed by atoms with Crippen molar-refractivity contribution in [3.05, 3.63) is 29.8 Å². The molecule has 0 bridgehead atoms. The van der Waals surface area contributed by atoms with Crippen molar-refractivity contribution in [1.82, 2.24) is 14.1 Å². The van der Waals surface area contributed by atoms with Gasteiger partial charge in [0.05, 0.1) is 4.90 Å². The summed E-state index contributed by atoms with van der Waals surface area (Å²) < 4.78 is 27.8. The minimum atomic E-state index is -3.60. The van der Waals surface area contributed by atoms with Crippen molar-refractivity contribution in [2.24, 2.45) is 11.8 Å². The van der Waals surface area contributed by atoms with Crippen LogP contribution in [0.3, 0.4) is 0 Å². The molecular formula is C25H37N3O4S. The molecule has 0 radical (unpaired) electrons. The van der Waals surface area contributed by atoms with Crippen LogP contribution >= 0.6 is 0 Å². The van der Waals surface area contributed by atoms with Gasteiger partial charge in [-0.1, -0.05) is 25.8 Å². The maximum Gasteiger partial charge on any atom is 0.253 e. The van der Waals surface area contributed by atoms with Crippen LogP contribution in [-0.4, -0.2) is 73.6 Å². The number of carbonyl (C=O) groups is 2. The van der Waals surface area contributed by atoms with Crippen LogP contribution in [0.15, 0.2) is 29.2 Å². The number of benzene rings is 1. The predicted molar refractivity (Wildman–Crippen MR) is 127 cm³/mol. The van der Waals surface area contributed by atoms with Crippen LogP contribution in [0.2, 0.25) is 0 Å². The fourth-order valence-corrected chi connectivity index (χ4v) is 6.78. The highest BCUT2D eigenvalue weighted by atomic mass is 32.2. The van der Waals surface area contributed by atoms with E-state index in [1.165, 1.54) is 6.07 Å². The molecule has 3 saturated heterocycles. The summed E-state index contributed by atoms with van der Waals surface area (Å²) in [5.74, 6) is 0.754. The molecule has 182 valence electrons. The van der Waals surface area contributed by atoms with Crippen molar-refractivity contribution in [2.75, 3.05) is 39.3 Å². The summed E-state index contributed by atoms with van der Waals surface area (Å²) in [4.78, 5) is 30.0. The van der Waals surface area contributed by atoms with Gasteiger partial charge in [-0.25, -0.2) is 8.42 Å². The molecule has 0 aliphatic carbocycles. The molecule has 1 aromatic carbocycles. The van der Waals surface area contributed by atoms with Gasteiger partial charge in [-0.3, -0.25) is 9.59 Å². The fraction of sp³-hybridized carbons (Fsp3) is 0.680. The number of likely N-dealkylation sites (tertiary alicyclic amines) is 2. The van der Waals surface area contributed by atoms with Gasteiger partial charge in [0.2, 0.25) is 15.9 Å². The van der Waals surface area contributed by atoms with Gasteiger partial charge in [0.1, 0.15) is 0 Å². The summed E-state index contributed by atoms with van der Waals surface area (Å²) in [6, 6.07) is 6.46. The molecule has 0 N–H and O–H groups in total. The van der Waals surface area contributed by atoms with E-state index in [9.17, 15) is 18.0 Å². The van der Waals surface area contributed by atoms with E-state index in [1.54, 1.807) is 27.4 Å². The maximum absolute atomic E-state index is 13.1. The highest BCUT2D eigenvalue weighted by Crippen LogP contribution is 2.26. The molecule has 8 heteroatoms. The first-order valence-corrected chi connectivity index (χ1v) is 14.0. The standard InChI is InChI=1S/C25H37N3O4S/c1-20-9-15-26(16-10-20)24(29)21-11-17-27(18-12-21)25(30)22-7-6-8-23(19-22)33(31,32)28-13-4-2-3-5-14-28/h6-8,19-21H,2-5,9-18H2,1H3. The van der Waals surface area contributed by atoms with Crippen LogP contribution < -0.4 is 0 Å². The summed E-state index contributed by atoms with van der Waals surface area (Å²) in [6.45, 7) is 6.07. The first-order valence-electron chi connectivity index (χ1n) is 12.5. The van der Waals surface area contributed by atoms with E-state index < -0.39 is 10.0 Å². The highest BCUT2D eigenvalue weighted by molar-refractivity contribution is 7.89. The lowest BCUT2D eigenvalue weighted by Gasteiger charge is -2.36. The molecule has 0 unspecified atom stereocenters. The van der Waals surface area contributed by atoms with Crippen molar-refractivity contribution in [1.29, 1.82) is 0 Å². The Hall–Kier alpha value is -1.93. The topological polar surface area (TPSA) is 78.0 Å². The fourth-order valence-electron chi connectivity index (χ4n) is 5.22. The minimum Gasteiger partial charge on any atom is -0.342 e. The average molecular weight is 476 g/mol. The lowest BCUT2D eigenvalue weighted by Crippen LogP contribution is -2.46. The largest absolute Gasteiger partial charge is 0.342 e. The van der Waals surface area contributed by atoms with Crippen LogP contribution in [-0.2, 0) is 14.8 Å². The number of rotatable bonds is 4. The third-order valence-corrected chi connectivity index (χ3v) is 9.41. The van der Waals surface area contributed by atoms with Gasteiger partial charge in [-0.15, -0.1) is 0 Å². The number of nitrogens with zero attached hydrogens (tertiary/aromatic N) is 3. The Kier molecular flexibility index (Phi) is 7.74. The molecule has 0 spiro atoms. The third-order valence-electron chi connectivity index (χ3n) is 7.51. The molecule has 3 aliphatic rings. The molecule has 4 rings (SSSR count). The van der Waals surface area contributed by atoms with Crippen molar-refractivity contribution in [2.45, 2.75) is 63.2 Å². The maximum atomic E-state index is 13.1. The zero-order valence-corrected chi connectivity index (χ0v) is 20.6. The molecule has 1 aromatic rings. The normalized spacial score (nSPS) is 22.2. The number of hydrogen-bond donors (Lipinski definition) is 0. The Labute approximate surface area is 198 Å². The number of piperidine rings is 2. The Bertz CT molecular complexity index is 940. The van der Waals surface area contributed by atoms with E-state index in [4.69, 9.17) is 0 Å². The molecule has 3 aliphatic heterocycles. The molecule has 33 heavy (non-hydrogen) atoms. The summed E-state index contributed by atoms with van der Waals surface area (Å²) in [7, 11) is -3.60. The second kappa shape index (κ2) is 10.6. The van der Waals surface area contributed by atoms with Gasteiger partial charge in [0, 0.05) is 50.7 Å². The summed E-state index contributed by atoms with van der Waals surface area (Å²) in [5, 5.41) is 0. The quantitative estimate of drug-likeness (QED) is 0.669. The second-order valence-corrected chi connectivity index (χ2v) is 11.9. The van der Waals surface area contributed by atoms with Crippen molar-refractivity contribution >= 4 is 21.8 Å². The van der Waals surface area contributed by atoms with Gasteiger partial charge >= 0.3 is 0 Å². The molecule has 0 atom stereocenters. The van der Waals surface area contributed by atoms with Crippen LogP contribution in [0.4, 0.5) is 0 Å². The van der Waals surface area contributed by atoms with Gasteiger partial charge in [-0.2, -0.15) is 4.31 Å². The second-order valence-electron chi connectivity index (χ2n) is 9.92. The van der Waals surface area contributed by atoms with Crippen molar-refractivity contribution in [3.8, 4) is 0 Å². The van der Waals surface area contributed by atoms with Crippen LogP contribution in [0.1, 0.15) is 68.6 Å². The van der Waals surface area contributed by atoms with E-state index in [2.05, 4.69) is 6.92 Å². The zero-order chi connectivity index (χ0) is 23.4. The molecule has 0 saturated carbocycles. The van der Waals surface area contributed by atoms with Crippen molar-refractivity contribution < 1.29 is 18.0 Å². The lowest BCUT2D eigenvalue weighted by atomic mass is 9.92. The Balaban J connectivity index is 1.38. The Morgan fingerprint density at radius 1 is 0.818 bits per heavy atom. The van der Waals surface area contributed by atoms with E-state index >= 15 is 0 Å². The monoisotopic (exact) mass is 475 g/mol. The Morgan fingerprint density at radius 3 is 2.06 bits per heavy atom. The summed E-state index contributed by atoms with van der Waals surface area (Å²) in [6.07, 6.45) is 7.34. The van der Waals surface area contributed by atoms with E-state index in [1.807, 2.05) is 4.90 Å². The van der Waals surface area contributed by atoms with Crippen LogP contribution in [0.5, 0.6) is 0 Å². The number of amides is 2. The third kappa shape index (κ3) is 5.60. The molecular weight excluding hydrogens is 438 g/mol. The molecule has 3 fully saturated rings. The van der Waals surface area contributed by atoms with E-state index in [0.29, 0.717) is 50.5 Å². The summed E-state index contributed by atoms with van der Waals surface area (Å²) in [5.41, 5.74) is 0.403. The van der Waals surface area contributed by atoms with Crippen LogP contribution in [0.25, 0.3) is 0 Å². The molecule has 0 aromatic heterocycles. The van der Waals surface area contributed by atoms with Gasteiger partial charge in [0.15, 0.2) is 0 Å². The zero-order valence-electron chi connectivity index (χ0n) is 19.7. The lowest BCUT2D eigenvalue weighted by molar-refractivity contribution is -0.138. The smallest absolute Gasteiger partial charge is 0.253 e. The first-order chi connectivity index (χ1) is 15.9. The van der Waals surface area contributed by atoms with Gasteiger partial charge in [0.25, 0.3) is 5.91 Å².